The summed E-state index contributed by atoms with van der Waals surface area (Å²) in [6.07, 6.45) is 0. The minimum Gasteiger partial charge on any atom is -0.495 e. The van der Waals surface area contributed by atoms with E-state index in [1.807, 2.05) is 0 Å². The number of hydrogen-bond donors (Lipinski definition) is 0. The van der Waals surface area contributed by atoms with E-state index in [1.54, 1.807) is 0 Å². The zero-order valence-electron chi connectivity index (χ0n) is 14.3. The molecule has 2 aromatic carbocycles. The Morgan fingerprint density at radius 3 is 2.19 bits per heavy atom. The van der Waals surface area contributed by atoms with Gasteiger partial charge < -0.3 is 18.9 Å². The van der Waals surface area contributed by atoms with Crippen LogP contribution in [0.15, 0.2) is 36.4 Å². The molecule has 0 aromatic heterocycles. The van der Waals surface area contributed by atoms with Gasteiger partial charge in [-0.15, -0.1) is 0 Å². The highest BCUT2D eigenvalue weighted by molar-refractivity contribution is 6.32. The lowest BCUT2D eigenvalue weighted by Crippen LogP contribution is -2.14. The van der Waals surface area contributed by atoms with Crippen molar-refractivity contribution in [3.8, 4) is 17.2 Å². The van der Waals surface area contributed by atoms with Gasteiger partial charge in [-0.25, -0.2) is 4.79 Å². The predicted octanol–water partition coefficient (Wildman–Crippen LogP) is 4.00. The average molecular weight is 401 g/mol. The van der Waals surface area contributed by atoms with Crippen LogP contribution in [0.5, 0.6) is 17.2 Å². The summed E-state index contributed by atoms with van der Waals surface area (Å²) in [5.74, 6) is -1.20. The second-order valence-corrected chi connectivity index (χ2v) is 5.50. The van der Waals surface area contributed by atoms with Gasteiger partial charge in [-0.1, -0.05) is 11.6 Å². The van der Waals surface area contributed by atoms with Crippen LogP contribution < -0.4 is 14.2 Å². The van der Waals surface area contributed by atoms with Crippen molar-refractivity contribution in [1.82, 2.24) is 0 Å². The van der Waals surface area contributed by atoms with Crippen molar-refractivity contribution in [1.29, 1.82) is 0 Å². The van der Waals surface area contributed by atoms with Gasteiger partial charge in [0, 0.05) is 5.56 Å². The van der Waals surface area contributed by atoms with E-state index in [2.05, 4.69) is 4.74 Å². The number of benzene rings is 2. The number of Topliss-reactive ketones (excluding diaryl/α,β-unsaturated/α-hetero) is 1. The molecule has 0 unspecified atom stereocenters. The highest BCUT2D eigenvalue weighted by Gasteiger charge is 2.17. The van der Waals surface area contributed by atoms with Gasteiger partial charge in [-0.05, 0) is 36.4 Å². The first-order chi connectivity index (χ1) is 12.8. The largest absolute Gasteiger partial charge is 0.495 e. The summed E-state index contributed by atoms with van der Waals surface area (Å²) in [4.78, 5) is 24.2. The molecule has 0 saturated carbocycles. The lowest BCUT2D eigenvalue weighted by molar-refractivity contribution is -0.0512. The number of esters is 1. The Kier molecular flexibility index (Phi) is 6.95. The summed E-state index contributed by atoms with van der Waals surface area (Å²) < 4.78 is 43.8. The molecule has 0 radical (unpaired) electrons. The van der Waals surface area contributed by atoms with E-state index in [1.165, 1.54) is 44.6 Å². The number of halogens is 3. The fraction of sp³-hybridized carbons (Fsp3) is 0.222. The Hall–Kier alpha value is -2.87. The van der Waals surface area contributed by atoms with Gasteiger partial charge in [0.05, 0.1) is 24.8 Å². The smallest absolute Gasteiger partial charge is 0.387 e. The van der Waals surface area contributed by atoms with Crippen LogP contribution in [0.2, 0.25) is 5.02 Å². The molecule has 0 amide bonds. The Morgan fingerprint density at radius 2 is 1.59 bits per heavy atom. The molecule has 9 heteroatoms. The molecule has 0 aliphatic rings. The average Bonchev–Trinajstić information content (AvgIpc) is 2.65. The summed E-state index contributed by atoms with van der Waals surface area (Å²) in [6, 6.07) is 7.94. The summed E-state index contributed by atoms with van der Waals surface area (Å²) in [6.45, 7) is -3.57. The number of methoxy groups -OCH3 is 2. The van der Waals surface area contributed by atoms with Crippen molar-refractivity contribution in [2.75, 3.05) is 20.8 Å². The van der Waals surface area contributed by atoms with Crippen LogP contribution in [0.3, 0.4) is 0 Å². The van der Waals surface area contributed by atoms with Crippen molar-refractivity contribution < 1.29 is 37.3 Å². The Morgan fingerprint density at radius 1 is 0.963 bits per heavy atom. The first-order valence-electron chi connectivity index (χ1n) is 7.52. The third kappa shape index (κ3) is 5.30. The van der Waals surface area contributed by atoms with E-state index < -0.39 is 25.0 Å². The predicted molar refractivity (Wildman–Crippen MR) is 92.2 cm³/mol. The quantitative estimate of drug-likeness (QED) is 0.492. The maximum atomic E-state index is 12.3. The minimum absolute atomic E-state index is 0.00836. The van der Waals surface area contributed by atoms with E-state index in [0.717, 1.165) is 6.07 Å². The van der Waals surface area contributed by atoms with Gasteiger partial charge in [0.15, 0.2) is 23.9 Å². The molecule has 0 bridgehead atoms. The van der Waals surface area contributed by atoms with Crippen LogP contribution in [-0.4, -0.2) is 39.2 Å². The Labute approximate surface area is 158 Å². The highest BCUT2D eigenvalue weighted by atomic mass is 35.5. The zero-order chi connectivity index (χ0) is 20.0. The second-order valence-electron chi connectivity index (χ2n) is 5.09. The summed E-state index contributed by atoms with van der Waals surface area (Å²) in [5, 5.41) is 0.244. The highest BCUT2D eigenvalue weighted by Crippen LogP contribution is 2.30. The van der Waals surface area contributed by atoms with E-state index in [9.17, 15) is 18.4 Å². The molecule has 0 aliphatic heterocycles. The first kappa shape index (κ1) is 20.4. The van der Waals surface area contributed by atoms with E-state index in [4.69, 9.17) is 25.8 Å². The molecule has 0 aliphatic carbocycles. The topological polar surface area (TPSA) is 71.1 Å². The third-order valence-corrected chi connectivity index (χ3v) is 3.72. The molecule has 27 heavy (non-hydrogen) atoms. The van der Waals surface area contributed by atoms with Gasteiger partial charge >= 0.3 is 12.6 Å². The van der Waals surface area contributed by atoms with Crippen LogP contribution in [0.4, 0.5) is 8.78 Å². The molecular weight excluding hydrogens is 386 g/mol. The number of ether oxygens (including phenoxy) is 4. The molecule has 0 spiro atoms. The molecular formula is C18H15ClF2O6. The number of rotatable bonds is 8. The van der Waals surface area contributed by atoms with Crippen LogP contribution in [0.1, 0.15) is 20.7 Å². The van der Waals surface area contributed by atoms with Gasteiger partial charge in [-0.2, -0.15) is 8.78 Å². The monoisotopic (exact) mass is 400 g/mol. The van der Waals surface area contributed by atoms with Crippen molar-refractivity contribution >= 4 is 23.4 Å². The van der Waals surface area contributed by atoms with Gasteiger partial charge in [0.1, 0.15) is 5.75 Å². The van der Waals surface area contributed by atoms with Crippen molar-refractivity contribution in [2.45, 2.75) is 6.61 Å². The second kappa shape index (κ2) is 9.18. The Balaban J connectivity index is 2.04. The van der Waals surface area contributed by atoms with E-state index in [0.29, 0.717) is 5.75 Å². The molecule has 0 atom stereocenters. The first-order valence-corrected chi connectivity index (χ1v) is 7.90. The minimum atomic E-state index is -3.04. The zero-order valence-corrected chi connectivity index (χ0v) is 15.1. The van der Waals surface area contributed by atoms with Crippen LogP contribution >= 0.6 is 11.6 Å². The third-order valence-electron chi connectivity index (χ3n) is 3.42. The fourth-order valence-corrected chi connectivity index (χ4v) is 2.38. The molecule has 6 nitrogen and oxygen atoms in total. The molecule has 2 aromatic rings. The lowest BCUT2D eigenvalue weighted by Gasteiger charge is -2.11. The molecule has 144 valence electrons. The molecule has 0 fully saturated rings. The number of hydrogen-bond acceptors (Lipinski definition) is 6. The van der Waals surface area contributed by atoms with Crippen molar-refractivity contribution in [3.63, 3.8) is 0 Å². The number of alkyl halides is 2. The molecule has 0 saturated heterocycles. The summed E-state index contributed by atoms with van der Waals surface area (Å²) in [7, 11) is 2.68. The number of ketones is 1. The van der Waals surface area contributed by atoms with Crippen LogP contribution in [-0.2, 0) is 4.74 Å². The van der Waals surface area contributed by atoms with Gasteiger partial charge in [0.25, 0.3) is 0 Å². The maximum Gasteiger partial charge on any atom is 0.387 e. The van der Waals surface area contributed by atoms with Crippen molar-refractivity contribution in [3.05, 3.63) is 52.5 Å². The normalized spacial score (nSPS) is 10.4. The lowest BCUT2D eigenvalue weighted by atomic mass is 10.1. The summed E-state index contributed by atoms with van der Waals surface area (Å²) in [5.41, 5.74) is 0.251. The standard InChI is InChI=1S/C18H15ClF2O6/c1-24-14-5-3-10(7-12(14)19)13(22)9-26-17(23)11-4-6-15(27-18(20)21)16(8-11)25-2/h3-8,18H,9H2,1-2H3. The molecule has 2 rings (SSSR count). The van der Waals surface area contributed by atoms with E-state index in [-0.39, 0.29) is 27.6 Å². The SMILES string of the molecule is COc1ccc(C(=O)COC(=O)c2ccc(OC(F)F)c(OC)c2)cc1Cl. The van der Waals surface area contributed by atoms with Gasteiger partial charge in [-0.3, -0.25) is 4.79 Å². The number of carbonyl (C=O) groups excluding carboxylic acids is 2. The van der Waals surface area contributed by atoms with Gasteiger partial charge in [0.2, 0.25) is 0 Å². The fourth-order valence-electron chi connectivity index (χ4n) is 2.13. The molecule has 0 N–H and O–H groups in total. The Bertz CT molecular complexity index is 841. The van der Waals surface area contributed by atoms with E-state index >= 15 is 0 Å². The molecule has 0 heterocycles. The maximum absolute atomic E-state index is 12.3. The van der Waals surface area contributed by atoms with Crippen molar-refractivity contribution in [2.24, 2.45) is 0 Å². The summed E-state index contributed by atoms with van der Waals surface area (Å²) >= 11 is 5.95. The number of carbonyl (C=O) groups is 2. The van der Waals surface area contributed by atoms with Crippen LogP contribution in [0, 0.1) is 0 Å². The van der Waals surface area contributed by atoms with Crippen LogP contribution in [0.25, 0.3) is 0 Å².